The second-order valence-electron chi connectivity index (χ2n) is 4.58. The van der Waals surface area contributed by atoms with Crippen molar-refractivity contribution in [1.29, 1.82) is 0 Å². The molecule has 0 atom stereocenters. The molecule has 0 saturated heterocycles. The van der Waals surface area contributed by atoms with Gasteiger partial charge in [0.05, 0.1) is 0 Å². The Labute approximate surface area is 106 Å². The molecule has 1 rings (SSSR count). The molecule has 0 aromatic carbocycles. The van der Waals surface area contributed by atoms with E-state index >= 15 is 0 Å². The quantitative estimate of drug-likeness (QED) is 0.742. The van der Waals surface area contributed by atoms with Gasteiger partial charge in [-0.15, -0.1) is 6.58 Å². The first-order chi connectivity index (χ1) is 8.40. The van der Waals surface area contributed by atoms with E-state index in [2.05, 4.69) is 11.9 Å². The zero-order valence-corrected chi connectivity index (χ0v) is 11.1. The summed E-state index contributed by atoms with van der Waals surface area (Å²) >= 11 is 0. The van der Waals surface area contributed by atoms with Crippen LogP contribution in [0.3, 0.4) is 0 Å². The van der Waals surface area contributed by atoms with Crippen LogP contribution in [0.1, 0.15) is 13.8 Å². The Morgan fingerprint density at radius 3 is 2.56 bits per heavy atom. The number of nitrogens with two attached hydrogens (primary N) is 1. The highest BCUT2D eigenvalue weighted by Crippen LogP contribution is 2.11. The van der Waals surface area contributed by atoms with E-state index in [0.717, 1.165) is 4.57 Å². The molecule has 100 valence electrons. The van der Waals surface area contributed by atoms with E-state index in [4.69, 9.17) is 5.73 Å². The smallest absolute Gasteiger partial charge is 0.332 e. The van der Waals surface area contributed by atoms with Gasteiger partial charge in [0.2, 0.25) is 0 Å². The van der Waals surface area contributed by atoms with Gasteiger partial charge in [-0.1, -0.05) is 19.9 Å². The van der Waals surface area contributed by atoms with Crippen molar-refractivity contribution in [3.05, 3.63) is 33.5 Å². The van der Waals surface area contributed by atoms with Gasteiger partial charge in [0.25, 0.3) is 5.56 Å². The van der Waals surface area contributed by atoms with Crippen molar-refractivity contribution in [2.75, 3.05) is 17.6 Å². The van der Waals surface area contributed by atoms with Crippen molar-refractivity contribution < 1.29 is 0 Å². The predicted octanol–water partition coefficient (Wildman–Crippen LogP) is 0.383. The van der Waals surface area contributed by atoms with E-state index < -0.39 is 11.2 Å². The van der Waals surface area contributed by atoms with Crippen molar-refractivity contribution >= 4 is 11.5 Å². The number of nitrogen functional groups attached to an aromatic ring is 1. The molecule has 1 aromatic heterocycles. The summed E-state index contributed by atoms with van der Waals surface area (Å²) in [5.74, 6) is 0.438. The van der Waals surface area contributed by atoms with Gasteiger partial charge in [-0.05, 0) is 5.92 Å². The third-order valence-corrected chi connectivity index (χ3v) is 2.55. The fourth-order valence-corrected chi connectivity index (χ4v) is 1.67. The Balaban J connectivity index is 3.44. The fourth-order valence-electron chi connectivity index (χ4n) is 1.67. The number of nitrogens with zero attached hydrogens (tertiary/aromatic N) is 2. The summed E-state index contributed by atoms with van der Waals surface area (Å²) in [5.41, 5.74) is 5.33. The molecule has 6 nitrogen and oxygen atoms in total. The van der Waals surface area contributed by atoms with Gasteiger partial charge in [-0.25, -0.2) is 4.79 Å². The van der Waals surface area contributed by atoms with Crippen molar-refractivity contribution in [1.82, 2.24) is 9.13 Å². The summed E-state index contributed by atoms with van der Waals surface area (Å²) in [4.78, 5) is 23.9. The molecule has 0 saturated carbocycles. The largest absolute Gasteiger partial charge is 0.383 e. The second-order valence-corrected chi connectivity index (χ2v) is 4.58. The first-order valence-electron chi connectivity index (χ1n) is 5.84. The minimum atomic E-state index is -0.417. The summed E-state index contributed by atoms with van der Waals surface area (Å²) in [6.45, 7) is 8.41. The Morgan fingerprint density at radius 1 is 1.44 bits per heavy atom. The first-order valence-corrected chi connectivity index (χ1v) is 5.84. The maximum atomic E-state index is 12.0. The highest BCUT2D eigenvalue weighted by atomic mass is 16.2. The summed E-state index contributed by atoms with van der Waals surface area (Å²) in [5, 5.41) is 2.88. The topological polar surface area (TPSA) is 82.0 Å². The predicted molar refractivity (Wildman–Crippen MR) is 73.9 cm³/mol. The average Bonchev–Trinajstić information content (AvgIpc) is 2.32. The fraction of sp³-hybridized carbons (Fsp3) is 0.500. The number of rotatable bonds is 5. The zero-order chi connectivity index (χ0) is 13.9. The zero-order valence-electron chi connectivity index (χ0n) is 11.1. The number of hydrogen-bond acceptors (Lipinski definition) is 4. The van der Waals surface area contributed by atoms with Crippen LogP contribution in [0, 0.1) is 5.92 Å². The number of aromatic nitrogens is 2. The first kappa shape index (κ1) is 14.1. The van der Waals surface area contributed by atoms with Crippen molar-refractivity contribution in [2.45, 2.75) is 20.4 Å². The molecular formula is C12H20N4O2. The normalized spacial score (nSPS) is 10.7. The summed E-state index contributed by atoms with van der Waals surface area (Å²) in [6.07, 6.45) is 1.62. The van der Waals surface area contributed by atoms with E-state index in [-0.39, 0.29) is 17.4 Å². The second kappa shape index (κ2) is 5.57. The molecule has 0 bridgehead atoms. The van der Waals surface area contributed by atoms with Crippen LogP contribution in [-0.4, -0.2) is 15.7 Å². The monoisotopic (exact) mass is 252 g/mol. The Kier molecular flexibility index (Phi) is 4.36. The molecule has 6 heteroatoms. The Hall–Kier alpha value is -1.98. The van der Waals surface area contributed by atoms with Gasteiger partial charge in [-0.2, -0.15) is 0 Å². The molecule has 0 aliphatic rings. The third-order valence-electron chi connectivity index (χ3n) is 2.55. The van der Waals surface area contributed by atoms with Crippen LogP contribution < -0.4 is 22.3 Å². The summed E-state index contributed by atoms with van der Waals surface area (Å²) < 4.78 is 2.47. The third kappa shape index (κ3) is 2.64. The lowest BCUT2D eigenvalue weighted by Gasteiger charge is -2.16. The van der Waals surface area contributed by atoms with Gasteiger partial charge in [0.15, 0.2) is 0 Å². The van der Waals surface area contributed by atoms with Crippen LogP contribution in [0.4, 0.5) is 11.5 Å². The Bertz CT molecular complexity index is 554. The van der Waals surface area contributed by atoms with E-state index in [1.165, 1.54) is 11.6 Å². The van der Waals surface area contributed by atoms with Gasteiger partial charge in [0, 0.05) is 20.1 Å². The molecule has 1 heterocycles. The molecule has 0 fully saturated rings. The lowest BCUT2D eigenvalue weighted by molar-refractivity contribution is 0.494. The minimum Gasteiger partial charge on any atom is -0.383 e. The van der Waals surface area contributed by atoms with Gasteiger partial charge in [0.1, 0.15) is 11.5 Å². The molecular weight excluding hydrogens is 232 g/mol. The van der Waals surface area contributed by atoms with E-state index in [1.807, 2.05) is 13.8 Å². The molecule has 18 heavy (non-hydrogen) atoms. The molecule has 0 unspecified atom stereocenters. The molecule has 1 aromatic rings. The standard InChI is InChI=1S/C12H20N4O2/c1-5-6-14-9-10(13)16(7-8(2)3)12(18)15(4)11(9)17/h5,8,14H,1,6-7,13H2,2-4H3. The maximum Gasteiger partial charge on any atom is 0.332 e. The maximum absolute atomic E-state index is 12.0. The molecule has 3 N–H and O–H groups in total. The minimum absolute atomic E-state index is 0.179. The van der Waals surface area contributed by atoms with Gasteiger partial charge in [-0.3, -0.25) is 13.9 Å². The summed E-state index contributed by atoms with van der Waals surface area (Å²) in [7, 11) is 1.44. The lowest BCUT2D eigenvalue weighted by atomic mass is 10.2. The molecule has 0 radical (unpaired) electrons. The van der Waals surface area contributed by atoms with E-state index in [1.54, 1.807) is 6.08 Å². The van der Waals surface area contributed by atoms with Crippen molar-refractivity contribution in [3.8, 4) is 0 Å². The Morgan fingerprint density at radius 2 is 2.06 bits per heavy atom. The number of nitrogens with one attached hydrogen (secondary N) is 1. The van der Waals surface area contributed by atoms with Crippen LogP contribution >= 0.6 is 0 Å². The van der Waals surface area contributed by atoms with Gasteiger partial charge < -0.3 is 11.1 Å². The average molecular weight is 252 g/mol. The van der Waals surface area contributed by atoms with Crippen LogP contribution in [0.2, 0.25) is 0 Å². The van der Waals surface area contributed by atoms with Crippen LogP contribution in [0.25, 0.3) is 0 Å². The highest BCUT2D eigenvalue weighted by Gasteiger charge is 2.15. The van der Waals surface area contributed by atoms with Crippen LogP contribution in [-0.2, 0) is 13.6 Å². The molecule has 0 amide bonds. The van der Waals surface area contributed by atoms with E-state index in [9.17, 15) is 9.59 Å². The molecule has 0 aliphatic heterocycles. The van der Waals surface area contributed by atoms with Crippen molar-refractivity contribution in [2.24, 2.45) is 13.0 Å². The molecule has 0 spiro atoms. The molecule has 0 aliphatic carbocycles. The van der Waals surface area contributed by atoms with Gasteiger partial charge >= 0.3 is 5.69 Å². The lowest BCUT2D eigenvalue weighted by Crippen LogP contribution is -2.41. The SMILES string of the molecule is C=CCNc1c(N)n(CC(C)C)c(=O)n(C)c1=O. The van der Waals surface area contributed by atoms with E-state index in [0.29, 0.717) is 13.1 Å². The highest BCUT2D eigenvalue weighted by molar-refractivity contribution is 5.60. The van der Waals surface area contributed by atoms with Crippen LogP contribution in [0.15, 0.2) is 22.2 Å². The summed E-state index contributed by atoms with van der Waals surface area (Å²) in [6, 6.07) is 0. The number of hydrogen-bond donors (Lipinski definition) is 2. The number of anilines is 2. The van der Waals surface area contributed by atoms with Crippen molar-refractivity contribution in [3.63, 3.8) is 0 Å². The van der Waals surface area contributed by atoms with Crippen LogP contribution in [0.5, 0.6) is 0 Å².